The number of carbonyl (C=O) groups excluding carboxylic acids is 1. The monoisotopic (exact) mass is 300 g/mol. The Hall–Kier alpha value is -1.61. The number of thiophene rings is 1. The Bertz CT molecular complexity index is 674. The van der Waals surface area contributed by atoms with Gasteiger partial charge >= 0.3 is 0 Å². The van der Waals surface area contributed by atoms with Gasteiger partial charge < -0.3 is 4.74 Å². The molecule has 2 aromatic rings. The van der Waals surface area contributed by atoms with Crippen molar-refractivity contribution in [2.24, 2.45) is 0 Å². The van der Waals surface area contributed by atoms with E-state index in [2.05, 4.69) is 6.07 Å². The molecule has 3 rings (SSSR count). The summed E-state index contributed by atoms with van der Waals surface area (Å²) in [5.41, 5.74) is 4.25. The first kappa shape index (κ1) is 14.3. The molecule has 1 aromatic carbocycles. The third-order valence-electron chi connectivity index (χ3n) is 4.35. The highest BCUT2D eigenvalue weighted by molar-refractivity contribution is 7.14. The molecule has 0 unspecified atom stereocenters. The van der Waals surface area contributed by atoms with E-state index in [0.29, 0.717) is 11.3 Å². The van der Waals surface area contributed by atoms with E-state index in [9.17, 15) is 4.79 Å². The van der Waals surface area contributed by atoms with E-state index in [0.717, 1.165) is 28.8 Å². The number of hydrogen-bond acceptors (Lipinski definition) is 3. The van der Waals surface area contributed by atoms with Crippen LogP contribution in [0.5, 0.6) is 5.75 Å². The summed E-state index contributed by atoms with van der Waals surface area (Å²) >= 11 is 1.66. The van der Waals surface area contributed by atoms with Gasteiger partial charge in [-0.2, -0.15) is 0 Å². The minimum absolute atomic E-state index is 0.0920. The van der Waals surface area contributed by atoms with Crippen LogP contribution in [0.25, 0.3) is 0 Å². The zero-order valence-electron chi connectivity index (χ0n) is 12.8. The number of benzene rings is 1. The van der Waals surface area contributed by atoms with E-state index < -0.39 is 0 Å². The smallest absolute Gasteiger partial charge is 0.206 e. The highest BCUT2D eigenvalue weighted by atomic mass is 32.1. The van der Waals surface area contributed by atoms with E-state index in [4.69, 9.17) is 4.74 Å². The van der Waals surface area contributed by atoms with Gasteiger partial charge in [0.05, 0.1) is 17.6 Å². The second-order valence-corrected chi connectivity index (χ2v) is 6.82. The summed E-state index contributed by atoms with van der Waals surface area (Å²) in [5, 5.41) is 0. The molecule has 0 saturated heterocycles. The van der Waals surface area contributed by atoms with Gasteiger partial charge in [0, 0.05) is 4.88 Å². The van der Waals surface area contributed by atoms with Gasteiger partial charge in [0.25, 0.3) is 0 Å². The van der Waals surface area contributed by atoms with E-state index in [1.165, 1.54) is 23.3 Å². The zero-order valence-corrected chi connectivity index (χ0v) is 13.6. The van der Waals surface area contributed by atoms with Crippen LogP contribution in [0, 0.1) is 13.8 Å². The molecule has 3 heteroatoms. The molecule has 0 N–H and O–H groups in total. The van der Waals surface area contributed by atoms with Crippen molar-refractivity contribution in [1.29, 1.82) is 0 Å². The first-order valence-electron chi connectivity index (χ1n) is 7.42. The molecule has 0 spiro atoms. The Morgan fingerprint density at radius 1 is 1.19 bits per heavy atom. The third kappa shape index (κ3) is 2.51. The molecule has 0 bridgehead atoms. The average molecular weight is 300 g/mol. The summed E-state index contributed by atoms with van der Waals surface area (Å²) in [4.78, 5) is 15.1. The maximum Gasteiger partial charge on any atom is 0.206 e. The van der Waals surface area contributed by atoms with Crippen LogP contribution < -0.4 is 4.74 Å². The number of aryl methyl sites for hydroxylation is 3. The first-order valence-corrected chi connectivity index (χ1v) is 8.24. The van der Waals surface area contributed by atoms with E-state index >= 15 is 0 Å². The van der Waals surface area contributed by atoms with Gasteiger partial charge in [-0.15, -0.1) is 11.3 Å². The Kier molecular flexibility index (Phi) is 3.85. The Balaban J connectivity index is 2.02. The van der Waals surface area contributed by atoms with Crippen LogP contribution in [0.1, 0.15) is 49.6 Å². The molecule has 21 heavy (non-hydrogen) atoms. The fraction of sp³-hybridized carbons (Fsp3) is 0.389. The van der Waals surface area contributed by atoms with Crippen LogP contribution in [0.3, 0.4) is 0 Å². The topological polar surface area (TPSA) is 26.3 Å². The largest absolute Gasteiger partial charge is 0.496 e. The number of hydrogen-bond donors (Lipinski definition) is 0. The van der Waals surface area contributed by atoms with E-state index in [1.807, 2.05) is 26.0 Å². The SMILES string of the molecule is COc1c(C(=O)c2cc3c(s2)CCCC3)ccc(C)c1C. The summed E-state index contributed by atoms with van der Waals surface area (Å²) in [5.74, 6) is 0.806. The zero-order chi connectivity index (χ0) is 15.0. The maximum atomic E-state index is 12.8. The van der Waals surface area contributed by atoms with E-state index in [1.54, 1.807) is 18.4 Å². The molecule has 0 atom stereocenters. The number of ether oxygens (including phenoxy) is 1. The third-order valence-corrected chi connectivity index (χ3v) is 5.58. The first-order chi connectivity index (χ1) is 10.1. The van der Waals surface area contributed by atoms with Crippen LogP contribution in [-0.4, -0.2) is 12.9 Å². The van der Waals surface area contributed by atoms with Gasteiger partial charge in [-0.1, -0.05) is 6.07 Å². The lowest BCUT2D eigenvalue weighted by Crippen LogP contribution is -2.04. The molecule has 1 aromatic heterocycles. The van der Waals surface area contributed by atoms with Crippen molar-refractivity contribution in [2.75, 3.05) is 7.11 Å². The number of ketones is 1. The molecule has 0 aliphatic heterocycles. The summed E-state index contributed by atoms with van der Waals surface area (Å²) in [6, 6.07) is 5.98. The second kappa shape index (κ2) is 5.64. The van der Waals surface area contributed by atoms with Crippen LogP contribution in [0.2, 0.25) is 0 Å². The van der Waals surface area contributed by atoms with Gasteiger partial charge in [-0.05, 0) is 68.4 Å². The summed E-state index contributed by atoms with van der Waals surface area (Å²) in [6.07, 6.45) is 4.72. The van der Waals surface area contributed by atoms with Crippen molar-refractivity contribution in [2.45, 2.75) is 39.5 Å². The molecule has 0 radical (unpaired) electrons. The molecule has 0 fully saturated rings. The molecule has 1 aliphatic carbocycles. The standard InChI is InChI=1S/C18H20O2S/c1-11-8-9-14(18(20-3)12(11)2)17(19)16-10-13-6-4-5-7-15(13)21-16/h8-10H,4-7H2,1-3H3. The van der Waals surface area contributed by atoms with Crippen LogP contribution >= 0.6 is 11.3 Å². The van der Waals surface area contributed by atoms with Gasteiger partial charge in [-0.3, -0.25) is 4.79 Å². The van der Waals surface area contributed by atoms with Gasteiger partial charge in [0.15, 0.2) is 0 Å². The lowest BCUT2D eigenvalue weighted by Gasteiger charge is -2.12. The molecule has 1 heterocycles. The number of fused-ring (bicyclic) bond motifs is 1. The van der Waals surface area contributed by atoms with Crippen molar-refractivity contribution in [1.82, 2.24) is 0 Å². The molecule has 2 nitrogen and oxygen atoms in total. The molecular weight excluding hydrogens is 280 g/mol. The molecule has 110 valence electrons. The van der Waals surface area contributed by atoms with Crippen molar-refractivity contribution in [3.8, 4) is 5.75 Å². The molecule has 0 saturated carbocycles. The van der Waals surface area contributed by atoms with Crippen molar-refractivity contribution in [3.63, 3.8) is 0 Å². The highest BCUT2D eigenvalue weighted by Gasteiger charge is 2.21. The summed E-state index contributed by atoms with van der Waals surface area (Å²) < 4.78 is 5.49. The van der Waals surface area contributed by atoms with Gasteiger partial charge in [0.1, 0.15) is 5.75 Å². The van der Waals surface area contributed by atoms with Crippen molar-refractivity contribution in [3.05, 3.63) is 50.2 Å². The van der Waals surface area contributed by atoms with Gasteiger partial charge in [-0.25, -0.2) is 0 Å². The molecule has 0 amide bonds. The fourth-order valence-electron chi connectivity index (χ4n) is 2.97. The number of methoxy groups -OCH3 is 1. The van der Waals surface area contributed by atoms with Crippen molar-refractivity contribution >= 4 is 17.1 Å². The van der Waals surface area contributed by atoms with Crippen LogP contribution in [0.4, 0.5) is 0 Å². The van der Waals surface area contributed by atoms with Gasteiger partial charge in [0.2, 0.25) is 5.78 Å². The van der Waals surface area contributed by atoms with Crippen LogP contribution in [0.15, 0.2) is 18.2 Å². The quantitative estimate of drug-likeness (QED) is 0.781. The minimum Gasteiger partial charge on any atom is -0.496 e. The maximum absolute atomic E-state index is 12.8. The summed E-state index contributed by atoms with van der Waals surface area (Å²) in [7, 11) is 1.64. The Morgan fingerprint density at radius 3 is 2.67 bits per heavy atom. The Labute approximate surface area is 129 Å². The predicted molar refractivity (Wildman–Crippen MR) is 86.9 cm³/mol. The highest BCUT2D eigenvalue weighted by Crippen LogP contribution is 2.34. The Morgan fingerprint density at radius 2 is 1.95 bits per heavy atom. The molecular formula is C18H20O2S. The number of rotatable bonds is 3. The second-order valence-electron chi connectivity index (χ2n) is 5.68. The molecule has 1 aliphatic rings. The summed E-state index contributed by atoms with van der Waals surface area (Å²) in [6.45, 7) is 4.04. The lowest BCUT2D eigenvalue weighted by molar-refractivity contribution is 0.103. The van der Waals surface area contributed by atoms with Crippen molar-refractivity contribution < 1.29 is 9.53 Å². The normalized spacial score (nSPS) is 13.9. The predicted octanol–water partition coefficient (Wildman–Crippen LogP) is 4.48. The lowest BCUT2D eigenvalue weighted by atomic mass is 9.97. The van der Waals surface area contributed by atoms with E-state index in [-0.39, 0.29) is 5.78 Å². The number of carbonyl (C=O) groups is 1. The fourth-order valence-corrected chi connectivity index (χ4v) is 4.18. The van der Waals surface area contributed by atoms with Crippen LogP contribution in [-0.2, 0) is 12.8 Å². The minimum atomic E-state index is 0.0920. The average Bonchev–Trinajstić information content (AvgIpc) is 2.93.